The molecule has 1 N–H and O–H groups in total. The van der Waals surface area contributed by atoms with Crippen molar-refractivity contribution in [3.63, 3.8) is 0 Å². The van der Waals surface area contributed by atoms with Gasteiger partial charge < -0.3 is 9.64 Å². The van der Waals surface area contributed by atoms with Crippen LogP contribution in [0.1, 0.15) is 11.1 Å². The number of ether oxygens (including phenoxy) is 1. The van der Waals surface area contributed by atoms with Crippen molar-refractivity contribution in [3.05, 3.63) is 57.9 Å². The Bertz CT molecular complexity index is 1570. The van der Waals surface area contributed by atoms with Crippen LogP contribution in [0.25, 0.3) is 16.6 Å². The summed E-state index contributed by atoms with van der Waals surface area (Å²) in [7, 11) is -2.29. The number of aromatic amines is 1. The van der Waals surface area contributed by atoms with Crippen molar-refractivity contribution in [3.8, 4) is 0 Å². The van der Waals surface area contributed by atoms with Crippen LogP contribution in [0.4, 0.5) is 5.69 Å². The van der Waals surface area contributed by atoms with E-state index in [-0.39, 0.29) is 15.6 Å². The van der Waals surface area contributed by atoms with Gasteiger partial charge in [0.2, 0.25) is 14.9 Å². The van der Waals surface area contributed by atoms with Gasteiger partial charge in [-0.15, -0.1) is 5.10 Å². The Kier molecular flexibility index (Phi) is 6.07. The molecular formula is C24H28N6O4S. The number of benzene rings is 2. The number of rotatable bonds is 6. The van der Waals surface area contributed by atoms with Crippen LogP contribution in [0.15, 0.2) is 51.1 Å². The maximum atomic E-state index is 13.4. The van der Waals surface area contributed by atoms with Gasteiger partial charge in [-0.25, -0.2) is 18.1 Å². The fourth-order valence-corrected chi connectivity index (χ4v) is 6.11. The molecule has 184 valence electrons. The second kappa shape index (κ2) is 9.06. The van der Waals surface area contributed by atoms with E-state index in [2.05, 4.69) is 25.1 Å². The summed E-state index contributed by atoms with van der Waals surface area (Å²) >= 11 is 0. The Morgan fingerprint density at radius 2 is 1.83 bits per heavy atom. The number of aromatic nitrogens is 4. The van der Waals surface area contributed by atoms with Crippen LogP contribution in [0.5, 0.6) is 0 Å². The standard InChI is InChI=1S/C24H28N6O4S/c1-16-4-7-21(17(2)14-16)35(32,33)24-22-25-23(31)19-6-5-18(15-20(19)30(22)27-26-24)29-10-8-28(9-11-29)12-13-34-3/h4-7,14-15,27H,8-13H2,1-3H3. The molecule has 1 saturated heterocycles. The van der Waals surface area contributed by atoms with Crippen molar-refractivity contribution >= 4 is 32.1 Å². The molecule has 0 atom stereocenters. The lowest BCUT2D eigenvalue weighted by Gasteiger charge is -2.36. The summed E-state index contributed by atoms with van der Waals surface area (Å²) in [5.41, 5.74) is 2.56. The third-order valence-electron chi connectivity index (χ3n) is 6.54. The van der Waals surface area contributed by atoms with E-state index >= 15 is 0 Å². The second-order valence-electron chi connectivity index (χ2n) is 8.89. The van der Waals surface area contributed by atoms with Crippen LogP contribution in [-0.2, 0) is 14.6 Å². The summed E-state index contributed by atoms with van der Waals surface area (Å²) in [4.78, 5) is 21.7. The normalized spacial score (nSPS) is 15.3. The summed E-state index contributed by atoms with van der Waals surface area (Å²) in [6.07, 6.45) is 0. The summed E-state index contributed by atoms with van der Waals surface area (Å²) < 4.78 is 33.6. The highest BCUT2D eigenvalue weighted by Crippen LogP contribution is 2.27. The van der Waals surface area contributed by atoms with Crippen LogP contribution in [0.2, 0.25) is 0 Å². The van der Waals surface area contributed by atoms with Gasteiger partial charge >= 0.3 is 0 Å². The van der Waals surface area contributed by atoms with E-state index in [1.54, 1.807) is 38.3 Å². The molecule has 2 aromatic carbocycles. The smallest absolute Gasteiger partial charge is 0.281 e. The zero-order valence-electron chi connectivity index (χ0n) is 20.0. The van der Waals surface area contributed by atoms with E-state index in [4.69, 9.17) is 4.74 Å². The summed E-state index contributed by atoms with van der Waals surface area (Å²) in [6.45, 7) is 8.75. The molecule has 1 fully saturated rings. The molecule has 5 rings (SSSR count). The molecule has 4 aromatic rings. The number of piperazine rings is 1. The molecule has 0 saturated carbocycles. The van der Waals surface area contributed by atoms with Gasteiger partial charge in [0, 0.05) is 45.5 Å². The van der Waals surface area contributed by atoms with E-state index < -0.39 is 15.4 Å². The first-order valence-electron chi connectivity index (χ1n) is 11.5. The quantitative estimate of drug-likeness (QED) is 0.430. The van der Waals surface area contributed by atoms with E-state index in [1.165, 1.54) is 4.52 Å². The number of aryl methyl sites for hydroxylation is 2. The van der Waals surface area contributed by atoms with Crippen LogP contribution in [0, 0.1) is 13.8 Å². The SMILES string of the molecule is COCCN1CCN(c2ccc3c(=O)nc4c(S(=O)(=O)c5ccc(C)cc5C)n[nH]n4c3c2)CC1. The fraction of sp³-hybridized carbons (Fsp3) is 0.375. The second-order valence-corrected chi connectivity index (χ2v) is 10.7. The molecule has 35 heavy (non-hydrogen) atoms. The molecule has 0 amide bonds. The number of H-pyrrole nitrogens is 1. The lowest BCUT2D eigenvalue weighted by Crippen LogP contribution is -2.47. The molecule has 1 aliphatic heterocycles. The third-order valence-corrected chi connectivity index (χ3v) is 8.36. The van der Waals surface area contributed by atoms with E-state index in [0.717, 1.165) is 44.0 Å². The van der Waals surface area contributed by atoms with Gasteiger partial charge in [-0.2, -0.15) is 4.98 Å². The molecule has 2 aromatic heterocycles. The topological polar surface area (TPSA) is 113 Å². The number of methoxy groups -OCH3 is 1. The van der Waals surface area contributed by atoms with Crippen molar-refractivity contribution in [2.45, 2.75) is 23.8 Å². The number of hydrogen-bond donors (Lipinski definition) is 1. The van der Waals surface area contributed by atoms with Crippen molar-refractivity contribution in [1.29, 1.82) is 0 Å². The van der Waals surface area contributed by atoms with Gasteiger partial charge in [-0.3, -0.25) is 9.69 Å². The van der Waals surface area contributed by atoms with Gasteiger partial charge in [0.05, 0.1) is 22.4 Å². The monoisotopic (exact) mass is 496 g/mol. The van der Waals surface area contributed by atoms with Crippen molar-refractivity contribution < 1.29 is 13.2 Å². The number of nitrogens with one attached hydrogen (secondary N) is 1. The molecule has 0 spiro atoms. The number of fused-ring (bicyclic) bond motifs is 3. The van der Waals surface area contributed by atoms with Gasteiger partial charge in [0.25, 0.3) is 5.56 Å². The maximum absolute atomic E-state index is 13.4. The third kappa shape index (κ3) is 4.19. The van der Waals surface area contributed by atoms with Crippen molar-refractivity contribution in [1.82, 2.24) is 24.7 Å². The molecule has 0 bridgehead atoms. The van der Waals surface area contributed by atoms with Gasteiger partial charge in [0.1, 0.15) is 0 Å². The highest BCUT2D eigenvalue weighted by atomic mass is 32.2. The highest BCUT2D eigenvalue weighted by molar-refractivity contribution is 7.91. The van der Waals surface area contributed by atoms with Crippen molar-refractivity contribution in [2.75, 3.05) is 51.3 Å². The first-order valence-corrected chi connectivity index (χ1v) is 13.0. The minimum Gasteiger partial charge on any atom is -0.383 e. The average molecular weight is 497 g/mol. The van der Waals surface area contributed by atoms with Gasteiger partial charge in [-0.1, -0.05) is 17.7 Å². The fourth-order valence-electron chi connectivity index (χ4n) is 4.63. The van der Waals surface area contributed by atoms with Crippen LogP contribution in [-0.4, -0.2) is 79.6 Å². The molecule has 11 heteroatoms. The zero-order chi connectivity index (χ0) is 24.7. The van der Waals surface area contributed by atoms with Gasteiger partial charge in [0.15, 0.2) is 5.65 Å². The number of hydrogen-bond acceptors (Lipinski definition) is 8. The van der Waals surface area contributed by atoms with E-state index in [9.17, 15) is 13.2 Å². The molecule has 10 nitrogen and oxygen atoms in total. The maximum Gasteiger partial charge on any atom is 0.281 e. The zero-order valence-corrected chi connectivity index (χ0v) is 20.8. The van der Waals surface area contributed by atoms with Gasteiger partial charge in [-0.05, 0) is 43.7 Å². The Morgan fingerprint density at radius 3 is 2.54 bits per heavy atom. The highest BCUT2D eigenvalue weighted by Gasteiger charge is 2.28. The number of anilines is 1. The summed E-state index contributed by atoms with van der Waals surface area (Å²) in [5, 5.41) is 7.00. The molecule has 0 radical (unpaired) electrons. The molecule has 0 aliphatic carbocycles. The largest absolute Gasteiger partial charge is 0.383 e. The molecule has 3 heterocycles. The first kappa shape index (κ1) is 23.5. The van der Waals surface area contributed by atoms with Crippen LogP contribution >= 0.6 is 0 Å². The Labute approximate surface area is 203 Å². The van der Waals surface area contributed by atoms with Crippen molar-refractivity contribution in [2.24, 2.45) is 0 Å². The average Bonchev–Trinajstić information content (AvgIpc) is 3.27. The minimum atomic E-state index is -3.99. The number of sulfone groups is 1. The summed E-state index contributed by atoms with van der Waals surface area (Å²) in [5.74, 6) is 0. The van der Waals surface area contributed by atoms with Crippen LogP contribution in [0.3, 0.4) is 0 Å². The lowest BCUT2D eigenvalue weighted by atomic mass is 10.2. The lowest BCUT2D eigenvalue weighted by molar-refractivity contribution is 0.144. The predicted octanol–water partition coefficient (Wildman–Crippen LogP) is 1.79. The molecule has 0 unspecified atom stereocenters. The minimum absolute atomic E-state index is 0.0102. The number of nitrogens with zero attached hydrogens (tertiary/aromatic N) is 5. The molecular weight excluding hydrogens is 468 g/mol. The predicted molar refractivity (Wildman–Crippen MR) is 133 cm³/mol. The Hall–Kier alpha value is -3.28. The van der Waals surface area contributed by atoms with Crippen LogP contribution < -0.4 is 10.5 Å². The van der Waals surface area contributed by atoms with E-state index in [0.29, 0.717) is 23.1 Å². The Morgan fingerprint density at radius 1 is 1.06 bits per heavy atom. The van der Waals surface area contributed by atoms with E-state index in [1.807, 2.05) is 19.1 Å². The first-order chi connectivity index (χ1) is 16.8. The Balaban J connectivity index is 1.56. The molecule has 1 aliphatic rings. The summed E-state index contributed by atoms with van der Waals surface area (Å²) in [6, 6.07) is 10.6.